The summed E-state index contributed by atoms with van der Waals surface area (Å²) >= 11 is 0. The summed E-state index contributed by atoms with van der Waals surface area (Å²) < 4.78 is 0. The Morgan fingerprint density at radius 1 is 1.78 bits per heavy atom. The highest BCUT2D eigenvalue weighted by Gasteiger charge is 2.02. The van der Waals surface area contributed by atoms with Gasteiger partial charge in [-0.05, 0) is 5.21 Å². The maximum atomic E-state index is 10.3. The minimum Gasteiger partial charge on any atom is -0.364 e. The molecule has 48 valence electrons. The van der Waals surface area contributed by atoms with Crippen LogP contribution >= 0.6 is 0 Å². The van der Waals surface area contributed by atoms with E-state index < -0.39 is 5.91 Å². The van der Waals surface area contributed by atoms with E-state index in [1.165, 1.54) is 6.20 Å². The van der Waals surface area contributed by atoms with Crippen molar-refractivity contribution in [3.05, 3.63) is 11.9 Å². The molecule has 1 amide bonds. The number of carbonyl (C=O) groups excluding carboxylic acids is 1. The van der Waals surface area contributed by atoms with Crippen molar-refractivity contribution in [2.45, 2.75) is 0 Å². The normalized spacial score (nSPS) is 9.33. The third-order valence-electron chi connectivity index (χ3n) is 0.763. The van der Waals surface area contributed by atoms with Crippen LogP contribution in [0.1, 0.15) is 10.5 Å². The van der Waals surface area contributed by atoms with Crippen molar-refractivity contribution >= 4 is 5.91 Å². The lowest BCUT2D eigenvalue weighted by molar-refractivity contribution is 0.0995. The van der Waals surface area contributed by atoms with E-state index in [0.717, 1.165) is 4.79 Å². The molecule has 0 unspecified atom stereocenters. The van der Waals surface area contributed by atoms with Gasteiger partial charge in [0.15, 0.2) is 5.69 Å². The van der Waals surface area contributed by atoms with Crippen LogP contribution in [0, 0.1) is 0 Å². The Kier molecular flexibility index (Phi) is 1.07. The minimum absolute atomic E-state index is 0.0671. The molecule has 0 radical (unpaired) electrons. The van der Waals surface area contributed by atoms with Gasteiger partial charge >= 0.3 is 0 Å². The first kappa shape index (κ1) is 5.54. The Labute approximate surface area is 50.4 Å². The van der Waals surface area contributed by atoms with Crippen LogP contribution in [0.4, 0.5) is 0 Å². The molecule has 0 saturated heterocycles. The maximum Gasteiger partial charge on any atom is 0.270 e. The van der Waals surface area contributed by atoms with E-state index >= 15 is 0 Å². The summed E-state index contributed by atoms with van der Waals surface area (Å²) in [6.45, 7) is 0. The van der Waals surface area contributed by atoms with Crippen LogP contribution < -0.4 is 11.6 Å². The zero-order valence-electron chi connectivity index (χ0n) is 4.48. The number of nitrogen functional groups attached to an aromatic ring is 1. The molecule has 4 N–H and O–H groups in total. The third kappa shape index (κ3) is 0.958. The van der Waals surface area contributed by atoms with Gasteiger partial charge in [-0.3, -0.25) is 4.79 Å². The van der Waals surface area contributed by atoms with E-state index in [4.69, 9.17) is 11.6 Å². The molecule has 1 aromatic heterocycles. The standard InChI is InChI=1S/C3H5N5O/c4-3(9)2-1-8(5)7-6-2/h1H,5H2,(H2,4,9). The van der Waals surface area contributed by atoms with Gasteiger partial charge in [0.05, 0.1) is 6.20 Å². The van der Waals surface area contributed by atoms with Crippen LogP contribution in [0.3, 0.4) is 0 Å². The Morgan fingerprint density at radius 3 is 2.67 bits per heavy atom. The monoisotopic (exact) mass is 127 g/mol. The summed E-state index contributed by atoms with van der Waals surface area (Å²) in [7, 11) is 0. The molecule has 1 rings (SSSR count). The molecule has 0 bridgehead atoms. The van der Waals surface area contributed by atoms with Gasteiger partial charge in [0, 0.05) is 0 Å². The number of rotatable bonds is 1. The predicted octanol–water partition coefficient (Wildman–Crippen LogP) is -1.91. The SMILES string of the molecule is NC(=O)c1cn(N)nn1. The van der Waals surface area contributed by atoms with Crippen LogP contribution in [0.5, 0.6) is 0 Å². The van der Waals surface area contributed by atoms with E-state index in [1.54, 1.807) is 0 Å². The van der Waals surface area contributed by atoms with Crippen molar-refractivity contribution in [2.75, 3.05) is 5.84 Å². The first-order chi connectivity index (χ1) is 4.20. The highest BCUT2D eigenvalue weighted by atomic mass is 16.1. The molecule has 1 heterocycles. The Morgan fingerprint density at radius 2 is 2.44 bits per heavy atom. The molecule has 6 nitrogen and oxygen atoms in total. The average molecular weight is 127 g/mol. The fourth-order valence-corrected chi connectivity index (χ4v) is 0.390. The van der Waals surface area contributed by atoms with Crippen LogP contribution in [0.15, 0.2) is 6.20 Å². The molecule has 0 spiro atoms. The number of primary amides is 1. The molecular weight excluding hydrogens is 122 g/mol. The van der Waals surface area contributed by atoms with E-state index in [-0.39, 0.29) is 5.69 Å². The minimum atomic E-state index is -0.633. The molecule has 0 saturated carbocycles. The summed E-state index contributed by atoms with van der Waals surface area (Å²) in [4.78, 5) is 11.2. The second-order valence-electron chi connectivity index (χ2n) is 1.45. The molecule has 0 fully saturated rings. The lowest BCUT2D eigenvalue weighted by Gasteiger charge is -1.79. The molecular formula is C3H5N5O. The summed E-state index contributed by atoms with van der Waals surface area (Å²) in [5.41, 5.74) is 4.88. The zero-order valence-corrected chi connectivity index (χ0v) is 4.48. The highest BCUT2D eigenvalue weighted by molar-refractivity contribution is 5.90. The number of hydrogen-bond acceptors (Lipinski definition) is 4. The maximum absolute atomic E-state index is 10.3. The van der Waals surface area contributed by atoms with E-state index in [2.05, 4.69) is 10.3 Å². The topological polar surface area (TPSA) is 99.8 Å². The van der Waals surface area contributed by atoms with Gasteiger partial charge in [0.2, 0.25) is 0 Å². The van der Waals surface area contributed by atoms with Crippen LogP contribution in [0.2, 0.25) is 0 Å². The van der Waals surface area contributed by atoms with Gasteiger partial charge in [-0.25, -0.2) is 0 Å². The summed E-state index contributed by atoms with van der Waals surface area (Å²) in [6, 6.07) is 0. The Bertz CT molecular complexity index is 228. The summed E-state index contributed by atoms with van der Waals surface area (Å²) in [6.07, 6.45) is 1.24. The van der Waals surface area contributed by atoms with Crippen LogP contribution in [-0.4, -0.2) is 21.0 Å². The fraction of sp³-hybridized carbons (Fsp3) is 0. The molecule has 0 aromatic carbocycles. The van der Waals surface area contributed by atoms with Gasteiger partial charge in [-0.2, -0.15) is 4.79 Å². The Hall–Kier alpha value is -1.59. The molecule has 0 aliphatic carbocycles. The summed E-state index contributed by atoms with van der Waals surface area (Å²) in [5, 5.41) is 6.61. The Balaban J connectivity index is 2.98. The number of carbonyl (C=O) groups is 1. The smallest absolute Gasteiger partial charge is 0.270 e. The van der Waals surface area contributed by atoms with E-state index in [0.29, 0.717) is 0 Å². The lowest BCUT2D eigenvalue weighted by atomic mass is 10.5. The van der Waals surface area contributed by atoms with Crippen molar-refractivity contribution in [3.8, 4) is 0 Å². The van der Waals surface area contributed by atoms with Crippen molar-refractivity contribution in [3.63, 3.8) is 0 Å². The predicted molar refractivity (Wildman–Crippen MR) is 28.7 cm³/mol. The number of hydrogen-bond donors (Lipinski definition) is 2. The average Bonchev–Trinajstić information content (AvgIpc) is 2.14. The van der Waals surface area contributed by atoms with Crippen molar-refractivity contribution in [1.82, 2.24) is 15.1 Å². The van der Waals surface area contributed by atoms with E-state index in [9.17, 15) is 4.79 Å². The number of aromatic nitrogens is 3. The highest BCUT2D eigenvalue weighted by Crippen LogP contribution is 1.84. The number of nitrogens with two attached hydrogens (primary N) is 2. The molecule has 9 heavy (non-hydrogen) atoms. The van der Waals surface area contributed by atoms with Gasteiger partial charge in [0.25, 0.3) is 5.91 Å². The second kappa shape index (κ2) is 1.73. The molecule has 0 aliphatic heterocycles. The van der Waals surface area contributed by atoms with Crippen molar-refractivity contribution < 1.29 is 4.79 Å². The van der Waals surface area contributed by atoms with Crippen molar-refractivity contribution in [2.24, 2.45) is 5.73 Å². The first-order valence-electron chi connectivity index (χ1n) is 2.17. The molecule has 6 heteroatoms. The van der Waals surface area contributed by atoms with Gasteiger partial charge < -0.3 is 11.6 Å². The number of amides is 1. The van der Waals surface area contributed by atoms with E-state index in [1.807, 2.05) is 0 Å². The lowest BCUT2D eigenvalue weighted by Crippen LogP contribution is -2.11. The first-order valence-corrected chi connectivity index (χ1v) is 2.17. The van der Waals surface area contributed by atoms with Crippen LogP contribution in [0.25, 0.3) is 0 Å². The molecule has 0 atom stereocenters. The third-order valence-corrected chi connectivity index (χ3v) is 0.763. The largest absolute Gasteiger partial charge is 0.364 e. The van der Waals surface area contributed by atoms with Gasteiger partial charge in [-0.1, -0.05) is 0 Å². The molecule has 1 aromatic rings. The van der Waals surface area contributed by atoms with Crippen LogP contribution in [-0.2, 0) is 0 Å². The quantitative estimate of drug-likeness (QED) is 0.430. The zero-order chi connectivity index (χ0) is 6.85. The van der Waals surface area contributed by atoms with Gasteiger partial charge in [0.1, 0.15) is 0 Å². The molecule has 0 aliphatic rings. The van der Waals surface area contributed by atoms with Gasteiger partial charge in [-0.15, -0.1) is 5.10 Å². The summed E-state index contributed by atoms with van der Waals surface area (Å²) in [5.74, 6) is 4.42. The number of nitrogens with zero attached hydrogens (tertiary/aromatic N) is 3. The second-order valence-corrected chi connectivity index (χ2v) is 1.45. The fourth-order valence-electron chi connectivity index (χ4n) is 0.390. The van der Waals surface area contributed by atoms with Crippen molar-refractivity contribution in [1.29, 1.82) is 0 Å².